The molecule has 0 aliphatic carbocycles. The Hall–Kier alpha value is -1.38. The number of hydrogen-bond acceptors (Lipinski definition) is 2. The Morgan fingerprint density at radius 1 is 1.14 bits per heavy atom. The van der Waals surface area contributed by atoms with Crippen LogP contribution in [0.5, 0.6) is 0 Å². The molecule has 0 unspecified atom stereocenters. The lowest BCUT2D eigenvalue weighted by Crippen LogP contribution is -1.97. The maximum absolute atomic E-state index is 4.33. The van der Waals surface area contributed by atoms with E-state index in [1.54, 1.807) is 0 Å². The Morgan fingerprint density at radius 2 is 1.79 bits per heavy atom. The van der Waals surface area contributed by atoms with Crippen LogP contribution in [-0.4, -0.2) is 14.6 Å². The van der Waals surface area contributed by atoms with E-state index in [1.807, 2.05) is 44.5 Å². The highest BCUT2D eigenvalue weighted by atomic mass is 15.3. The molecule has 3 nitrogen and oxygen atoms in total. The number of rotatable bonds is 0. The van der Waals surface area contributed by atoms with E-state index in [4.69, 9.17) is 0 Å². The predicted molar refractivity (Wildman–Crippen MR) is 58.5 cm³/mol. The summed E-state index contributed by atoms with van der Waals surface area (Å²) >= 11 is 0. The van der Waals surface area contributed by atoms with Crippen LogP contribution in [0, 0.1) is 20.8 Å². The Morgan fingerprint density at radius 3 is 2.43 bits per heavy atom. The average molecular weight is 191 g/mol. The highest BCUT2D eigenvalue weighted by Gasteiger charge is 2.02. The molecule has 0 atom stereocenters. The largest absolute Gasteiger partial charge is 0.237 e. The van der Waals surface area contributed by atoms with Crippen molar-refractivity contribution in [3.8, 4) is 0 Å². The van der Waals surface area contributed by atoms with Crippen molar-refractivity contribution < 1.29 is 0 Å². The van der Waals surface area contributed by atoms with E-state index in [9.17, 15) is 0 Å². The van der Waals surface area contributed by atoms with Crippen LogP contribution in [0.25, 0.3) is 5.65 Å². The molecule has 76 valence electrons. The Bertz CT molecular complexity index is 429. The van der Waals surface area contributed by atoms with Crippen LogP contribution in [-0.2, 0) is 0 Å². The fourth-order valence-corrected chi connectivity index (χ4v) is 1.25. The van der Waals surface area contributed by atoms with E-state index in [1.165, 1.54) is 5.56 Å². The van der Waals surface area contributed by atoms with Gasteiger partial charge in [-0.15, -0.1) is 0 Å². The summed E-state index contributed by atoms with van der Waals surface area (Å²) in [4.78, 5) is 4.26. The summed E-state index contributed by atoms with van der Waals surface area (Å²) in [6.45, 7) is 10.1. The normalized spacial score (nSPS) is 9.79. The summed E-state index contributed by atoms with van der Waals surface area (Å²) in [5, 5.41) is 4.33. The number of nitrogens with zero attached hydrogens (tertiary/aromatic N) is 3. The second-order valence-corrected chi connectivity index (χ2v) is 3.08. The molecule has 3 heteroatoms. The molecule has 2 aromatic rings. The van der Waals surface area contributed by atoms with Gasteiger partial charge in [0.15, 0.2) is 5.65 Å². The van der Waals surface area contributed by atoms with E-state index < -0.39 is 0 Å². The molecule has 0 aliphatic rings. The van der Waals surface area contributed by atoms with E-state index in [2.05, 4.69) is 17.0 Å². The lowest BCUT2D eigenvalue weighted by Gasteiger charge is -2.00. The molecule has 0 bridgehead atoms. The SMILES string of the molecule is CC.Cc1cc2ncc(C)c(C)n2n1. The van der Waals surface area contributed by atoms with Crippen LogP contribution in [0.3, 0.4) is 0 Å². The van der Waals surface area contributed by atoms with Gasteiger partial charge in [-0.25, -0.2) is 9.50 Å². The van der Waals surface area contributed by atoms with Gasteiger partial charge in [-0.2, -0.15) is 5.10 Å². The zero-order valence-electron chi connectivity index (χ0n) is 9.50. The molecule has 0 saturated carbocycles. The van der Waals surface area contributed by atoms with Crippen LogP contribution in [0.4, 0.5) is 0 Å². The van der Waals surface area contributed by atoms with Crippen molar-refractivity contribution in [2.75, 3.05) is 0 Å². The quantitative estimate of drug-likeness (QED) is 0.641. The molecule has 0 saturated heterocycles. The first kappa shape index (κ1) is 10.7. The highest BCUT2D eigenvalue weighted by Crippen LogP contribution is 2.08. The summed E-state index contributed by atoms with van der Waals surface area (Å²) in [5.74, 6) is 0. The molecule has 2 aromatic heterocycles. The minimum atomic E-state index is 0.926. The molecule has 0 N–H and O–H groups in total. The molecule has 2 rings (SSSR count). The first-order chi connectivity index (χ1) is 6.68. The fraction of sp³-hybridized carbons (Fsp3) is 0.455. The topological polar surface area (TPSA) is 30.2 Å². The van der Waals surface area contributed by atoms with Crippen molar-refractivity contribution in [1.82, 2.24) is 14.6 Å². The summed E-state index contributed by atoms with van der Waals surface area (Å²) < 4.78 is 1.88. The lowest BCUT2D eigenvalue weighted by atomic mass is 10.3. The second-order valence-electron chi connectivity index (χ2n) is 3.08. The Labute approximate surface area is 84.8 Å². The van der Waals surface area contributed by atoms with Gasteiger partial charge in [-0.3, -0.25) is 0 Å². The molecule has 0 fully saturated rings. The lowest BCUT2D eigenvalue weighted by molar-refractivity contribution is 0.865. The van der Waals surface area contributed by atoms with Gasteiger partial charge in [0.25, 0.3) is 0 Å². The van der Waals surface area contributed by atoms with Crippen molar-refractivity contribution in [3.05, 3.63) is 29.2 Å². The number of aryl methyl sites for hydroxylation is 3. The van der Waals surface area contributed by atoms with Crippen LogP contribution >= 0.6 is 0 Å². The van der Waals surface area contributed by atoms with Crippen LogP contribution in [0.1, 0.15) is 30.8 Å². The molecular formula is C11H17N3. The summed E-state index contributed by atoms with van der Waals surface area (Å²) in [7, 11) is 0. The van der Waals surface area contributed by atoms with Crippen molar-refractivity contribution in [2.24, 2.45) is 0 Å². The molecule has 0 aromatic carbocycles. The average Bonchev–Trinajstić information content (AvgIpc) is 2.57. The first-order valence-electron chi connectivity index (χ1n) is 4.97. The van der Waals surface area contributed by atoms with Crippen LogP contribution in [0.2, 0.25) is 0 Å². The summed E-state index contributed by atoms with van der Waals surface area (Å²) in [6, 6.07) is 1.98. The zero-order chi connectivity index (χ0) is 10.7. The van der Waals surface area contributed by atoms with Crippen molar-refractivity contribution in [3.63, 3.8) is 0 Å². The third-order valence-corrected chi connectivity index (χ3v) is 2.09. The smallest absolute Gasteiger partial charge is 0.155 e. The number of fused-ring (bicyclic) bond motifs is 1. The first-order valence-corrected chi connectivity index (χ1v) is 4.97. The van der Waals surface area contributed by atoms with Gasteiger partial charge < -0.3 is 0 Å². The van der Waals surface area contributed by atoms with Gasteiger partial charge in [0.1, 0.15) is 0 Å². The second kappa shape index (κ2) is 4.22. The third kappa shape index (κ3) is 1.76. The van der Waals surface area contributed by atoms with E-state index in [0.717, 1.165) is 17.0 Å². The fourth-order valence-electron chi connectivity index (χ4n) is 1.25. The molecule has 14 heavy (non-hydrogen) atoms. The molecule has 2 heterocycles. The third-order valence-electron chi connectivity index (χ3n) is 2.09. The molecule has 0 aliphatic heterocycles. The number of hydrogen-bond donors (Lipinski definition) is 0. The standard InChI is InChI=1S/C9H11N3.C2H6/c1-6-5-10-9-4-7(2)11-12(9)8(6)3;1-2/h4-5H,1-3H3;1-2H3. The zero-order valence-corrected chi connectivity index (χ0v) is 9.50. The number of aromatic nitrogens is 3. The van der Waals surface area contributed by atoms with Gasteiger partial charge in [-0.05, 0) is 26.3 Å². The van der Waals surface area contributed by atoms with E-state index in [0.29, 0.717) is 0 Å². The highest BCUT2D eigenvalue weighted by molar-refractivity contribution is 5.41. The van der Waals surface area contributed by atoms with Crippen molar-refractivity contribution >= 4 is 5.65 Å². The van der Waals surface area contributed by atoms with Gasteiger partial charge in [0.05, 0.1) is 5.69 Å². The van der Waals surface area contributed by atoms with Gasteiger partial charge >= 0.3 is 0 Å². The van der Waals surface area contributed by atoms with Crippen LogP contribution < -0.4 is 0 Å². The molecule has 0 radical (unpaired) electrons. The minimum Gasteiger partial charge on any atom is -0.237 e. The van der Waals surface area contributed by atoms with E-state index >= 15 is 0 Å². The van der Waals surface area contributed by atoms with Crippen LogP contribution in [0.15, 0.2) is 12.3 Å². The van der Waals surface area contributed by atoms with E-state index in [-0.39, 0.29) is 0 Å². The minimum absolute atomic E-state index is 0.926. The van der Waals surface area contributed by atoms with Gasteiger partial charge in [0.2, 0.25) is 0 Å². The molecule has 0 amide bonds. The van der Waals surface area contributed by atoms with Gasteiger partial charge in [0, 0.05) is 18.0 Å². The molecular weight excluding hydrogens is 174 g/mol. The Kier molecular flexibility index (Phi) is 3.23. The van der Waals surface area contributed by atoms with Crippen molar-refractivity contribution in [1.29, 1.82) is 0 Å². The maximum Gasteiger partial charge on any atom is 0.155 e. The maximum atomic E-state index is 4.33. The summed E-state index contributed by atoms with van der Waals surface area (Å²) in [6.07, 6.45) is 1.88. The molecule has 0 spiro atoms. The summed E-state index contributed by atoms with van der Waals surface area (Å²) in [5.41, 5.74) is 4.27. The van der Waals surface area contributed by atoms with Gasteiger partial charge in [-0.1, -0.05) is 13.8 Å². The predicted octanol–water partition coefficient (Wildman–Crippen LogP) is 2.68. The van der Waals surface area contributed by atoms with Crippen molar-refractivity contribution in [2.45, 2.75) is 34.6 Å². The Balaban J connectivity index is 0.000000461. The monoisotopic (exact) mass is 191 g/mol.